The molecule has 2 heterocycles. The number of carbonyl (C=O) groups excluding carboxylic acids is 2. The Morgan fingerprint density at radius 1 is 0.441 bits per heavy atom. The molecule has 2 aliphatic rings. The van der Waals surface area contributed by atoms with Crippen LogP contribution in [-0.4, -0.2) is 20.3 Å². The highest BCUT2D eigenvalue weighted by Gasteiger charge is 2.31. The summed E-state index contributed by atoms with van der Waals surface area (Å²) in [5.41, 5.74) is 8.35. The molecule has 2 aliphatic carbocycles. The fourth-order valence-electron chi connectivity index (χ4n) is 5.33. The molecule has 4 nitrogen and oxygen atoms in total. The highest BCUT2D eigenvalue weighted by Crippen LogP contribution is 2.48. The van der Waals surface area contributed by atoms with Crippen molar-refractivity contribution in [2.45, 2.75) is 0 Å². The van der Waals surface area contributed by atoms with E-state index in [2.05, 4.69) is 0 Å². The van der Waals surface area contributed by atoms with Crippen LogP contribution >= 0.6 is 23.1 Å². The molecule has 0 N–H and O–H groups in total. The summed E-state index contributed by atoms with van der Waals surface area (Å²) in [7, 11) is 0. The van der Waals surface area contributed by atoms with Gasteiger partial charge in [-0.3, -0.25) is 9.59 Å². The quantitative estimate of drug-likeness (QED) is 0.258. The molecule has 6 heteroatoms. The van der Waals surface area contributed by atoms with Gasteiger partial charge in [-0.25, -0.2) is 0 Å². The second-order valence-electron chi connectivity index (χ2n) is 8.54. The van der Waals surface area contributed by atoms with Crippen LogP contribution in [0.3, 0.4) is 0 Å². The third-order valence-corrected chi connectivity index (χ3v) is 8.64. The minimum absolute atomic E-state index is 0.0389. The first-order chi connectivity index (χ1) is 16.7. The summed E-state index contributed by atoms with van der Waals surface area (Å²) in [5, 5.41) is 1.84. The summed E-state index contributed by atoms with van der Waals surface area (Å²) in [6, 6.07) is 23.2. The number of hydrogen-bond donors (Lipinski definition) is 0. The molecule has 0 amide bonds. The second-order valence-corrected chi connectivity index (χ2v) is 10.1. The van der Waals surface area contributed by atoms with Crippen LogP contribution in [0.2, 0.25) is 0 Å². The van der Waals surface area contributed by atoms with Crippen molar-refractivity contribution in [3.63, 3.8) is 0 Å². The Balaban J connectivity index is 1.43. The van der Waals surface area contributed by atoms with Crippen LogP contribution in [0, 0.1) is 0 Å². The summed E-state index contributed by atoms with van der Waals surface area (Å²) in [6.07, 6.45) is 0. The van der Waals surface area contributed by atoms with Crippen LogP contribution in [0.5, 0.6) is 0 Å². The van der Waals surface area contributed by atoms with Crippen molar-refractivity contribution in [1.29, 1.82) is 0 Å². The summed E-state index contributed by atoms with van der Waals surface area (Å²) >= 11 is 2.85. The molecular weight excluding hydrogens is 460 g/mol. The molecule has 34 heavy (non-hydrogen) atoms. The van der Waals surface area contributed by atoms with Crippen molar-refractivity contribution in [2.75, 3.05) is 0 Å². The van der Waals surface area contributed by atoms with Gasteiger partial charge in [-0.1, -0.05) is 60.7 Å². The van der Waals surface area contributed by atoms with Crippen LogP contribution < -0.4 is 0 Å². The lowest BCUT2D eigenvalue weighted by Gasteiger charge is -2.17. The van der Waals surface area contributed by atoms with E-state index in [1.54, 1.807) is 0 Å². The number of benzene rings is 4. The Morgan fingerprint density at radius 2 is 0.824 bits per heavy atom. The highest BCUT2D eigenvalue weighted by molar-refractivity contribution is 7.15. The van der Waals surface area contributed by atoms with E-state index < -0.39 is 0 Å². The molecule has 0 unspecified atom stereocenters. The molecule has 0 aliphatic heterocycles. The summed E-state index contributed by atoms with van der Waals surface area (Å²) < 4.78 is 11.5. The second kappa shape index (κ2) is 6.32. The number of hydrogen-bond acceptors (Lipinski definition) is 6. The topological polar surface area (TPSA) is 59.9 Å². The summed E-state index contributed by atoms with van der Waals surface area (Å²) in [6.45, 7) is 0. The monoisotopic (exact) mass is 472 g/mol. The zero-order valence-corrected chi connectivity index (χ0v) is 19.1. The predicted molar refractivity (Wildman–Crippen MR) is 136 cm³/mol. The average Bonchev–Trinajstić information content (AvgIpc) is 3.52. The molecular formula is C28H12N2O2S2. The third kappa shape index (κ3) is 2.13. The van der Waals surface area contributed by atoms with Crippen LogP contribution in [0.25, 0.3) is 53.8 Å². The van der Waals surface area contributed by atoms with Gasteiger partial charge in [0.25, 0.3) is 0 Å². The fourth-order valence-corrected chi connectivity index (χ4v) is 7.23. The molecule has 158 valence electrons. The van der Waals surface area contributed by atoms with Gasteiger partial charge in [0.2, 0.25) is 0 Å². The number of ketones is 2. The zero-order valence-electron chi connectivity index (χ0n) is 17.5. The zero-order chi connectivity index (χ0) is 22.6. The van der Waals surface area contributed by atoms with E-state index in [0.29, 0.717) is 22.3 Å². The normalized spacial score (nSPS) is 13.4. The molecule has 0 spiro atoms. The molecule has 4 aromatic carbocycles. The molecule has 6 aromatic rings. The largest absolute Gasteiger partial charge is 0.289 e. The van der Waals surface area contributed by atoms with Crippen molar-refractivity contribution in [3.05, 3.63) is 95.1 Å². The van der Waals surface area contributed by atoms with E-state index in [9.17, 15) is 9.59 Å². The Bertz CT molecular complexity index is 1770. The van der Waals surface area contributed by atoms with Gasteiger partial charge in [-0.2, -0.15) is 8.75 Å². The first-order valence-corrected chi connectivity index (χ1v) is 12.4. The Labute approximate surface area is 201 Å². The maximum Gasteiger partial charge on any atom is 0.194 e. The maximum atomic E-state index is 13.2. The fraction of sp³-hybridized carbons (Fsp3) is 0. The summed E-state index contributed by atoms with van der Waals surface area (Å²) in [5.74, 6) is 0.0778. The molecule has 0 radical (unpaired) electrons. The predicted octanol–water partition coefficient (Wildman–Crippen LogP) is 7.00. The van der Waals surface area contributed by atoms with Crippen LogP contribution in [-0.2, 0) is 0 Å². The molecule has 0 saturated heterocycles. The van der Waals surface area contributed by atoms with Crippen molar-refractivity contribution < 1.29 is 9.59 Å². The lowest BCUT2D eigenvalue weighted by molar-refractivity contribution is 0.103. The standard InChI is InChI=1S/C28H12N2O2S2/c31-25-15-7-3-1-5-13(15)23-21-19(25)11-9-17(27(21)33-29-23)18-10-12-20-22-24(30-34-28(18)22)14-6-2-4-8-16(14)26(20)32/h1-12H. The smallest absolute Gasteiger partial charge is 0.194 e. The van der Waals surface area contributed by atoms with E-state index in [-0.39, 0.29) is 11.6 Å². The van der Waals surface area contributed by atoms with Gasteiger partial charge in [0, 0.05) is 55.3 Å². The van der Waals surface area contributed by atoms with E-state index in [0.717, 1.165) is 53.8 Å². The van der Waals surface area contributed by atoms with Gasteiger partial charge in [0.05, 0.1) is 20.8 Å². The molecule has 0 fully saturated rings. The van der Waals surface area contributed by atoms with Crippen LogP contribution in [0.15, 0.2) is 72.8 Å². The third-order valence-electron chi connectivity index (χ3n) is 6.88. The van der Waals surface area contributed by atoms with E-state index >= 15 is 0 Å². The van der Waals surface area contributed by atoms with Gasteiger partial charge in [0.1, 0.15) is 0 Å². The van der Waals surface area contributed by atoms with E-state index in [4.69, 9.17) is 8.75 Å². The number of nitrogens with zero attached hydrogens (tertiary/aromatic N) is 2. The minimum atomic E-state index is 0.0389. The van der Waals surface area contributed by atoms with Crippen molar-refractivity contribution in [2.24, 2.45) is 0 Å². The number of aromatic nitrogens is 2. The van der Waals surface area contributed by atoms with Gasteiger partial charge in [-0.15, -0.1) is 0 Å². The van der Waals surface area contributed by atoms with Crippen molar-refractivity contribution in [1.82, 2.24) is 8.75 Å². The maximum absolute atomic E-state index is 13.2. The Morgan fingerprint density at radius 3 is 1.26 bits per heavy atom. The lowest BCUT2D eigenvalue weighted by Crippen LogP contribution is -2.09. The first kappa shape index (κ1) is 18.4. The van der Waals surface area contributed by atoms with Crippen molar-refractivity contribution in [3.8, 4) is 33.6 Å². The molecule has 0 atom stereocenters. The molecule has 0 saturated carbocycles. The van der Waals surface area contributed by atoms with Gasteiger partial charge in [0.15, 0.2) is 11.6 Å². The van der Waals surface area contributed by atoms with Gasteiger partial charge in [-0.05, 0) is 35.2 Å². The van der Waals surface area contributed by atoms with Gasteiger partial charge >= 0.3 is 0 Å². The van der Waals surface area contributed by atoms with Gasteiger partial charge < -0.3 is 0 Å². The van der Waals surface area contributed by atoms with Crippen LogP contribution in [0.1, 0.15) is 31.8 Å². The Kier molecular flexibility index (Phi) is 3.42. The van der Waals surface area contributed by atoms with Crippen molar-refractivity contribution >= 4 is 54.8 Å². The number of rotatable bonds is 1. The van der Waals surface area contributed by atoms with Crippen LogP contribution in [0.4, 0.5) is 0 Å². The lowest BCUT2D eigenvalue weighted by atomic mass is 9.84. The SMILES string of the molecule is O=C1c2ccccc2-c2nsc3c(-c4ccc5c6c(nsc46)-c4ccccc4C5=O)ccc1c23. The minimum Gasteiger partial charge on any atom is -0.289 e. The van der Waals surface area contributed by atoms with E-state index in [1.807, 2.05) is 72.8 Å². The molecule has 8 rings (SSSR count). The Hall–Kier alpha value is -4.00. The van der Waals surface area contributed by atoms with E-state index in [1.165, 1.54) is 23.1 Å². The molecule has 0 bridgehead atoms. The first-order valence-electron chi connectivity index (χ1n) is 10.9. The average molecular weight is 473 g/mol. The highest BCUT2D eigenvalue weighted by atomic mass is 32.1. The summed E-state index contributed by atoms with van der Waals surface area (Å²) in [4.78, 5) is 26.5. The number of fused-ring (bicyclic) bond motifs is 4. The number of carbonyl (C=O) groups is 2. The molecule has 2 aromatic heterocycles.